The van der Waals surface area contributed by atoms with Crippen LogP contribution in [0.1, 0.15) is 24.1 Å². The van der Waals surface area contributed by atoms with E-state index >= 15 is 0 Å². The fourth-order valence-electron chi connectivity index (χ4n) is 2.35. The highest BCUT2D eigenvalue weighted by molar-refractivity contribution is 8.00. The second kappa shape index (κ2) is 4.70. The van der Waals surface area contributed by atoms with Crippen LogP contribution in [0.25, 0.3) is 5.65 Å². The van der Waals surface area contributed by atoms with Gasteiger partial charge in [0.15, 0.2) is 0 Å². The molecule has 0 aromatic carbocycles. The Bertz CT molecular complexity index is 514. The largest absolute Gasteiger partial charge is 0.326 e. The molecule has 0 saturated carbocycles. The molecule has 0 spiro atoms. The number of fused-ring (bicyclic) bond motifs is 1. The Balaban J connectivity index is 1.85. The van der Waals surface area contributed by atoms with Crippen molar-refractivity contribution in [2.24, 2.45) is 5.73 Å². The Morgan fingerprint density at radius 3 is 3.12 bits per heavy atom. The summed E-state index contributed by atoms with van der Waals surface area (Å²) in [6.07, 6.45) is 8.03. The topological polar surface area (TPSA) is 43.3 Å². The van der Waals surface area contributed by atoms with Crippen molar-refractivity contribution >= 4 is 17.4 Å². The molecule has 1 atom stereocenters. The van der Waals surface area contributed by atoms with Gasteiger partial charge in [0.05, 0.1) is 5.69 Å². The van der Waals surface area contributed by atoms with Crippen LogP contribution in [0.15, 0.2) is 24.5 Å². The molecule has 1 aliphatic rings. The molecule has 0 aliphatic carbocycles. The lowest BCUT2D eigenvalue weighted by atomic mass is 10.2. The van der Waals surface area contributed by atoms with Gasteiger partial charge >= 0.3 is 0 Å². The van der Waals surface area contributed by atoms with Crippen molar-refractivity contribution in [1.29, 1.82) is 0 Å². The zero-order chi connectivity index (χ0) is 11.7. The summed E-state index contributed by atoms with van der Waals surface area (Å²) in [6.45, 7) is 0.585. The van der Waals surface area contributed by atoms with Crippen molar-refractivity contribution in [3.63, 3.8) is 0 Å². The Morgan fingerprint density at radius 2 is 2.35 bits per heavy atom. The number of thioether (sulfide) groups is 1. The van der Waals surface area contributed by atoms with Gasteiger partial charge in [-0.3, -0.25) is 0 Å². The third-order valence-corrected chi connectivity index (χ3v) is 4.66. The third-order valence-electron chi connectivity index (χ3n) is 3.26. The molecule has 4 heteroatoms. The van der Waals surface area contributed by atoms with E-state index in [1.165, 1.54) is 24.3 Å². The molecule has 17 heavy (non-hydrogen) atoms. The average Bonchev–Trinajstić information content (AvgIpc) is 2.96. The predicted molar refractivity (Wildman–Crippen MR) is 72.3 cm³/mol. The highest BCUT2D eigenvalue weighted by atomic mass is 32.2. The van der Waals surface area contributed by atoms with Gasteiger partial charge in [-0.2, -0.15) is 11.8 Å². The van der Waals surface area contributed by atoms with Crippen molar-refractivity contribution in [2.45, 2.75) is 31.1 Å². The fourth-order valence-corrected chi connectivity index (χ4v) is 3.64. The smallest absolute Gasteiger partial charge is 0.136 e. The van der Waals surface area contributed by atoms with Crippen molar-refractivity contribution in [3.05, 3.63) is 35.8 Å². The fraction of sp³-hybridized carbons (Fsp3) is 0.462. The van der Waals surface area contributed by atoms with E-state index < -0.39 is 0 Å². The van der Waals surface area contributed by atoms with Gasteiger partial charge in [0, 0.05) is 30.6 Å². The summed E-state index contributed by atoms with van der Waals surface area (Å²) in [6, 6.07) is 4.10. The molecule has 3 heterocycles. The van der Waals surface area contributed by atoms with Crippen LogP contribution in [0, 0.1) is 0 Å². The van der Waals surface area contributed by atoms with Gasteiger partial charge in [-0.25, -0.2) is 4.98 Å². The number of rotatable bonds is 3. The molecule has 3 nitrogen and oxygen atoms in total. The summed E-state index contributed by atoms with van der Waals surface area (Å²) < 4.78 is 2.09. The van der Waals surface area contributed by atoms with Crippen LogP contribution < -0.4 is 5.73 Å². The summed E-state index contributed by atoms with van der Waals surface area (Å²) in [4.78, 5) is 4.66. The summed E-state index contributed by atoms with van der Waals surface area (Å²) in [5.41, 5.74) is 9.03. The molecule has 1 saturated heterocycles. The van der Waals surface area contributed by atoms with E-state index in [1.807, 2.05) is 6.07 Å². The SMILES string of the molecule is NCc1ccc2nc(CC3CCCS3)cn2c1. The van der Waals surface area contributed by atoms with E-state index in [-0.39, 0.29) is 0 Å². The molecule has 1 fully saturated rings. The Morgan fingerprint density at radius 1 is 1.41 bits per heavy atom. The molecule has 1 unspecified atom stereocenters. The molecule has 2 aromatic heterocycles. The monoisotopic (exact) mass is 247 g/mol. The number of nitrogens with zero attached hydrogens (tertiary/aromatic N) is 2. The van der Waals surface area contributed by atoms with Crippen LogP contribution in [-0.2, 0) is 13.0 Å². The number of aromatic nitrogens is 2. The zero-order valence-corrected chi connectivity index (χ0v) is 10.6. The minimum Gasteiger partial charge on any atom is -0.326 e. The number of nitrogens with two attached hydrogens (primary N) is 1. The van der Waals surface area contributed by atoms with Gasteiger partial charge in [0.2, 0.25) is 0 Å². The van der Waals surface area contributed by atoms with Gasteiger partial charge in [-0.05, 0) is 30.2 Å². The Hall–Kier alpha value is -1.00. The minimum atomic E-state index is 0.585. The minimum absolute atomic E-state index is 0.585. The highest BCUT2D eigenvalue weighted by Crippen LogP contribution is 2.28. The predicted octanol–water partition coefficient (Wildman–Crippen LogP) is 2.23. The van der Waals surface area contributed by atoms with E-state index in [4.69, 9.17) is 5.73 Å². The van der Waals surface area contributed by atoms with Crippen LogP contribution >= 0.6 is 11.8 Å². The van der Waals surface area contributed by atoms with Crippen molar-refractivity contribution in [2.75, 3.05) is 5.75 Å². The number of imidazole rings is 1. The summed E-state index contributed by atoms with van der Waals surface area (Å²) >= 11 is 2.09. The van der Waals surface area contributed by atoms with Crippen molar-refractivity contribution in [1.82, 2.24) is 9.38 Å². The molecule has 0 amide bonds. The first-order valence-electron chi connectivity index (χ1n) is 6.13. The second-order valence-corrected chi connectivity index (χ2v) is 5.99. The van der Waals surface area contributed by atoms with E-state index in [1.54, 1.807) is 0 Å². The first-order chi connectivity index (χ1) is 8.35. The van der Waals surface area contributed by atoms with Crippen LogP contribution in [0.4, 0.5) is 0 Å². The van der Waals surface area contributed by atoms with Gasteiger partial charge in [0.25, 0.3) is 0 Å². The molecule has 0 bridgehead atoms. The van der Waals surface area contributed by atoms with E-state index in [0.29, 0.717) is 6.54 Å². The van der Waals surface area contributed by atoms with Crippen molar-refractivity contribution < 1.29 is 0 Å². The highest BCUT2D eigenvalue weighted by Gasteiger charge is 2.17. The first kappa shape index (κ1) is 11.1. The molecule has 3 rings (SSSR count). The molecule has 1 aliphatic heterocycles. The maximum atomic E-state index is 5.64. The lowest BCUT2D eigenvalue weighted by molar-refractivity contribution is 0.767. The van der Waals surface area contributed by atoms with Gasteiger partial charge in [-0.1, -0.05) is 6.07 Å². The summed E-state index contributed by atoms with van der Waals surface area (Å²) in [7, 11) is 0. The van der Waals surface area contributed by atoms with Crippen LogP contribution in [0.2, 0.25) is 0 Å². The quantitative estimate of drug-likeness (QED) is 0.904. The maximum Gasteiger partial charge on any atom is 0.136 e. The molecular weight excluding hydrogens is 230 g/mol. The van der Waals surface area contributed by atoms with E-state index in [9.17, 15) is 0 Å². The third kappa shape index (κ3) is 2.33. The summed E-state index contributed by atoms with van der Waals surface area (Å²) in [5.74, 6) is 1.31. The van der Waals surface area contributed by atoms with Gasteiger partial charge in [0.1, 0.15) is 5.65 Å². The van der Waals surface area contributed by atoms with E-state index in [0.717, 1.165) is 22.9 Å². The molecule has 90 valence electrons. The average molecular weight is 247 g/mol. The zero-order valence-electron chi connectivity index (χ0n) is 9.80. The first-order valence-corrected chi connectivity index (χ1v) is 7.18. The second-order valence-electron chi connectivity index (χ2n) is 4.58. The lowest BCUT2D eigenvalue weighted by Crippen LogP contribution is -2.01. The van der Waals surface area contributed by atoms with Gasteiger partial charge < -0.3 is 10.1 Å². The summed E-state index contributed by atoms with van der Waals surface area (Å²) in [5, 5.41) is 0.772. The van der Waals surface area contributed by atoms with Crippen LogP contribution in [-0.4, -0.2) is 20.4 Å². The number of hydrogen-bond acceptors (Lipinski definition) is 3. The number of hydrogen-bond donors (Lipinski definition) is 1. The standard InChI is InChI=1S/C13H17N3S/c14-7-10-3-4-13-15-11(9-16(13)8-10)6-12-2-1-5-17-12/h3-4,8-9,12H,1-2,5-7,14H2. The Kier molecular flexibility index (Phi) is 3.07. The maximum absolute atomic E-state index is 5.64. The Labute approximate surface area is 105 Å². The number of pyridine rings is 1. The molecule has 2 aromatic rings. The molecule has 0 radical (unpaired) electrons. The lowest BCUT2D eigenvalue weighted by Gasteiger charge is -2.03. The van der Waals surface area contributed by atoms with Gasteiger partial charge in [-0.15, -0.1) is 0 Å². The molecular formula is C13H17N3S. The normalized spacial score (nSPS) is 20.2. The molecule has 2 N–H and O–H groups in total. The van der Waals surface area contributed by atoms with E-state index in [2.05, 4.69) is 39.6 Å². The van der Waals surface area contributed by atoms with Crippen LogP contribution in [0.3, 0.4) is 0 Å². The van der Waals surface area contributed by atoms with Crippen molar-refractivity contribution in [3.8, 4) is 0 Å². The van der Waals surface area contributed by atoms with Crippen LogP contribution in [0.5, 0.6) is 0 Å².